The Morgan fingerprint density at radius 1 is 0.380 bits per heavy atom. The molecular weight excluding hydrogens is 609 g/mol. The Labute approximate surface area is 292 Å². The van der Waals surface area contributed by atoms with Gasteiger partial charge in [0.25, 0.3) is 0 Å². The van der Waals surface area contributed by atoms with Crippen LogP contribution in [-0.4, -0.2) is 9.97 Å². The fourth-order valence-corrected chi connectivity index (χ4v) is 7.50. The Morgan fingerprint density at radius 3 is 1.06 bits per heavy atom. The fourth-order valence-electron chi connectivity index (χ4n) is 7.50. The summed E-state index contributed by atoms with van der Waals surface area (Å²) in [6.07, 6.45) is 0. The summed E-state index contributed by atoms with van der Waals surface area (Å²) in [5.41, 5.74) is 16.8. The molecule has 8 aromatic rings. The molecule has 1 aromatic heterocycles. The molecule has 0 saturated heterocycles. The second-order valence-corrected chi connectivity index (χ2v) is 13.5. The van der Waals surface area contributed by atoms with Crippen LogP contribution in [0.1, 0.15) is 22.3 Å². The summed E-state index contributed by atoms with van der Waals surface area (Å²) < 4.78 is 0. The van der Waals surface area contributed by atoms with Gasteiger partial charge in [-0.1, -0.05) is 84.9 Å². The van der Waals surface area contributed by atoms with E-state index in [1.54, 1.807) is 0 Å². The first-order valence-electron chi connectivity index (χ1n) is 17.2. The van der Waals surface area contributed by atoms with Crippen LogP contribution in [0.3, 0.4) is 0 Å². The van der Waals surface area contributed by atoms with Crippen molar-refractivity contribution in [3.8, 4) is 22.5 Å². The normalized spacial score (nSPS) is 11.6. The molecule has 0 atom stereocenters. The summed E-state index contributed by atoms with van der Waals surface area (Å²) in [6, 6.07) is 52.2. The lowest BCUT2D eigenvalue weighted by Gasteiger charge is -2.30. The minimum Gasteiger partial charge on any atom is -0.308 e. The van der Waals surface area contributed by atoms with E-state index in [1.165, 1.54) is 33.0 Å². The molecule has 240 valence electrons. The third-order valence-electron chi connectivity index (χ3n) is 9.72. The van der Waals surface area contributed by atoms with Crippen LogP contribution < -0.4 is 9.80 Å². The van der Waals surface area contributed by atoms with Crippen molar-refractivity contribution in [1.29, 1.82) is 0 Å². The fraction of sp³-hybridized carbons (Fsp3) is 0.0870. The topological polar surface area (TPSA) is 32.3 Å². The molecule has 0 bridgehead atoms. The van der Waals surface area contributed by atoms with Crippen molar-refractivity contribution in [3.63, 3.8) is 0 Å². The Morgan fingerprint density at radius 2 is 0.720 bits per heavy atom. The predicted octanol–water partition coefficient (Wildman–Crippen LogP) is 12.6. The van der Waals surface area contributed by atoms with Gasteiger partial charge in [0, 0.05) is 39.3 Å². The van der Waals surface area contributed by atoms with Crippen molar-refractivity contribution in [1.82, 2.24) is 9.97 Å². The number of nitrogens with zero attached hydrogens (tertiary/aromatic N) is 4. The third-order valence-corrected chi connectivity index (χ3v) is 9.72. The second kappa shape index (κ2) is 11.7. The van der Waals surface area contributed by atoms with Gasteiger partial charge < -0.3 is 9.80 Å². The number of aromatic nitrogens is 2. The molecule has 1 aliphatic carbocycles. The Kier molecular flexibility index (Phi) is 6.99. The van der Waals surface area contributed by atoms with Gasteiger partial charge in [0.05, 0.1) is 22.8 Å². The van der Waals surface area contributed by atoms with E-state index in [0.29, 0.717) is 0 Å². The summed E-state index contributed by atoms with van der Waals surface area (Å²) in [6.45, 7) is 8.58. The lowest BCUT2D eigenvalue weighted by molar-refractivity contribution is 1.22. The van der Waals surface area contributed by atoms with Crippen LogP contribution in [0, 0.1) is 27.7 Å². The standard InChI is InChI=1S/C46H36N4/c1-29-11-5-17-34(25-29)49(35-18-6-12-30(2)26-35)40-23-24-41(50(36-19-7-13-31(3)27-36)37-20-8-14-32(4)28-37)46-45(40)47-43-38-21-9-15-33-16-10-22-39(42(33)38)44(43)48-46/h5-28H,1-4H3. The molecule has 0 unspecified atom stereocenters. The maximum absolute atomic E-state index is 5.65. The minimum atomic E-state index is 0.847. The van der Waals surface area contributed by atoms with Crippen molar-refractivity contribution in [2.75, 3.05) is 9.80 Å². The highest BCUT2D eigenvalue weighted by Gasteiger charge is 2.29. The van der Waals surface area contributed by atoms with Gasteiger partial charge in [0.15, 0.2) is 0 Å². The van der Waals surface area contributed by atoms with Crippen molar-refractivity contribution < 1.29 is 0 Å². The number of anilines is 6. The average Bonchev–Trinajstić information content (AvgIpc) is 3.43. The van der Waals surface area contributed by atoms with Gasteiger partial charge in [-0.15, -0.1) is 0 Å². The number of hydrogen-bond acceptors (Lipinski definition) is 4. The molecule has 1 heterocycles. The summed E-state index contributed by atoms with van der Waals surface area (Å²) in [7, 11) is 0. The van der Waals surface area contributed by atoms with Gasteiger partial charge in [-0.2, -0.15) is 0 Å². The second-order valence-electron chi connectivity index (χ2n) is 13.5. The quantitative estimate of drug-likeness (QED) is 0.180. The van der Waals surface area contributed by atoms with Crippen LogP contribution in [0.25, 0.3) is 44.3 Å². The number of benzene rings is 7. The molecule has 0 radical (unpaired) electrons. The first-order valence-corrected chi connectivity index (χ1v) is 17.2. The molecule has 1 aliphatic rings. The molecule has 9 rings (SSSR count). The third kappa shape index (κ3) is 4.91. The van der Waals surface area contributed by atoms with Crippen molar-refractivity contribution in [2.45, 2.75) is 27.7 Å². The monoisotopic (exact) mass is 644 g/mol. The van der Waals surface area contributed by atoms with Crippen LogP contribution in [0.15, 0.2) is 146 Å². The number of hydrogen-bond donors (Lipinski definition) is 0. The van der Waals surface area contributed by atoms with E-state index in [-0.39, 0.29) is 0 Å². The van der Waals surface area contributed by atoms with E-state index < -0.39 is 0 Å². The van der Waals surface area contributed by atoms with E-state index >= 15 is 0 Å². The Hall–Kier alpha value is -6.26. The molecule has 0 spiro atoms. The lowest BCUT2D eigenvalue weighted by atomic mass is 10.0. The van der Waals surface area contributed by atoms with Crippen LogP contribution in [0.4, 0.5) is 34.1 Å². The van der Waals surface area contributed by atoms with E-state index in [0.717, 1.165) is 67.7 Å². The van der Waals surface area contributed by atoms with Gasteiger partial charge in [0.1, 0.15) is 11.0 Å². The highest BCUT2D eigenvalue weighted by molar-refractivity contribution is 6.15. The lowest BCUT2D eigenvalue weighted by Crippen LogP contribution is -2.15. The summed E-state index contributed by atoms with van der Waals surface area (Å²) in [5.74, 6) is 0. The Bertz CT molecular complexity index is 2350. The first-order chi connectivity index (χ1) is 24.4. The molecule has 50 heavy (non-hydrogen) atoms. The van der Waals surface area contributed by atoms with Gasteiger partial charge in [-0.25, -0.2) is 9.97 Å². The molecule has 0 aliphatic heterocycles. The van der Waals surface area contributed by atoms with Gasteiger partial charge in [-0.05, 0) is 116 Å². The zero-order valence-electron chi connectivity index (χ0n) is 28.6. The summed E-state index contributed by atoms with van der Waals surface area (Å²) in [4.78, 5) is 16.0. The minimum absolute atomic E-state index is 0.847. The number of aryl methyl sites for hydroxylation is 4. The maximum Gasteiger partial charge on any atom is 0.116 e. The molecule has 0 fully saturated rings. The molecule has 4 heteroatoms. The Balaban J connectivity index is 1.40. The average molecular weight is 645 g/mol. The summed E-state index contributed by atoms with van der Waals surface area (Å²) >= 11 is 0. The van der Waals surface area contributed by atoms with Crippen LogP contribution in [0.2, 0.25) is 0 Å². The predicted molar refractivity (Wildman–Crippen MR) is 210 cm³/mol. The van der Waals surface area contributed by atoms with Crippen molar-refractivity contribution >= 4 is 55.9 Å². The SMILES string of the molecule is Cc1cccc(N(c2cccc(C)c2)c2ccc(N(c3cccc(C)c3)c3cccc(C)c3)c3nc4c(nc23)-c2cccc3cccc-4c23)c1. The number of rotatable bonds is 6. The highest BCUT2D eigenvalue weighted by Crippen LogP contribution is 2.50. The molecular formula is C46H36N4. The van der Waals surface area contributed by atoms with Gasteiger partial charge >= 0.3 is 0 Å². The molecule has 4 nitrogen and oxygen atoms in total. The van der Waals surface area contributed by atoms with Crippen molar-refractivity contribution in [2.24, 2.45) is 0 Å². The molecule has 0 saturated carbocycles. The molecule has 7 aromatic carbocycles. The zero-order chi connectivity index (χ0) is 33.9. The zero-order valence-corrected chi connectivity index (χ0v) is 28.6. The van der Waals surface area contributed by atoms with Crippen molar-refractivity contribution in [3.05, 3.63) is 168 Å². The largest absolute Gasteiger partial charge is 0.308 e. The van der Waals surface area contributed by atoms with Gasteiger partial charge in [-0.3, -0.25) is 0 Å². The van der Waals surface area contributed by atoms with E-state index in [4.69, 9.17) is 9.97 Å². The highest BCUT2D eigenvalue weighted by atomic mass is 15.2. The summed E-state index contributed by atoms with van der Waals surface area (Å²) in [5, 5.41) is 2.42. The molecule has 0 amide bonds. The smallest absolute Gasteiger partial charge is 0.116 e. The van der Waals surface area contributed by atoms with Crippen LogP contribution in [-0.2, 0) is 0 Å². The maximum atomic E-state index is 5.65. The number of fused-ring (bicyclic) bond motifs is 4. The van der Waals surface area contributed by atoms with Crippen LogP contribution >= 0.6 is 0 Å². The first kappa shape index (κ1) is 29.8. The van der Waals surface area contributed by atoms with Crippen LogP contribution in [0.5, 0.6) is 0 Å². The van der Waals surface area contributed by atoms with Gasteiger partial charge in [0.2, 0.25) is 0 Å². The molecule has 0 N–H and O–H groups in total. The van der Waals surface area contributed by atoms with E-state index in [2.05, 4.69) is 183 Å². The van der Waals surface area contributed by atoms with E-state index in [1.807, 2.05) is 0 Å². The van der Waals surface area contributed by atoms with E-state index in [9.17, 15) is 0 Å².